The molecular formula is C17H20IN3. The van der Waals surface area contributed by atoms with Gasteiger partial charge in [-0.05, 0) is 31.4 Å². The molecule has 1 aliphatic carbocycles. The second-order valence-electron chi connectivity index (χ2n) is 5.17. The van der Waals surface area contributed by atoms with Crippen molar-refractivity contribution in [3.05, 3.63) is 60.9 Å². The SMILES string of the molecule is [I-].c1ccc(N/N=C2\CCCCC2[n+]2ccccc2)cc1. The molecule has 1 fully saturated rings. The van der Waals surface area contributed by atoms with Crippen LogP contribution in [0.15, 0.2) is 66.0 Å². The van der Waals surface area contributed by atoms with Crippen molar-refractivity contribution in [2.24, 2.45) is 5.10 Å². The first-order valence-corrected chi connectivity index (χ1v) is 7.27. The van der Waals surface area contributed by atoms with Crippen LogP contribution in [0, 0.1) is 0 Å². The van der Waals surface area contributed by atoms with Gasteiger partial charge in [-0.2, -0.15) is 9.67 Å². The van der Waals surface area contributed by atoms with Crippen molar-refractivity contribution in [3.63, 3.8) is 0 Å². The van der Waals surface area contributed by atoms with E-state index in [2.05, 4.69) is 45.7 Å². The summed E-state index contributed by atoms with van der Waals surface area (Å²) in [5.41, 5.74) is 5.48. The van der Waals surface area contributed by atoms with Crippen LogP contribution >= 0.6 is 0 Å². The number of pyridine rings is 1. The van der Waals surface area contributed by atoms with E-state index in [0.29, 0.717) is 6.04 Å². The second-order valence-corrected chi connectivity index (χ2v) is 5.17. The first-order valence-electron chi connectivity index (χ1n) is 7.27. The minimum atomic E-state index is 0. The Morgan fingerprint density at radius 3 is 2.43 bits per heavy atom. The molecule has 1 heterocycles. The molecule has 0 bridgehead atoms. The Kier molecular flexibility index (Phi) is 6.17. The van der Waals surface area contributed by atoms with Crippen LogP contribution in [0.25, 0.3) is 0 Å². The summed E-state index contributed by atoms with van der Waals surface area (Å²) in [5.74, 6) is 0. The van der Waals surface area contributed by atoms with Crippen molar-refractivity contribution in [1.29, 1.82) is 0 Å². The molecule has 1 aromatic carbocycles. The largest absolute Gasteiger partial charge is 1.00 e. The van der Waals surface area contributed by atoms with Crippen molar-refractivity contribution in [3.8, 4) is 0 Å². The van der Waals surface area contributed by atoms with Gasteiger partial charge in [0.1, 0.15) is 5.71 Å². The Hall–Kier alpha value is -1.43. The van der Waals surface area contributed by atoms with Crippen molar-refractivity contribution in [2.75, 3.05) is 5.43 Å². The normalized spacial score (nSPS) is 19.8. The molecule has 1 unspecified atom stereocenters. The van der Waals surface area contributed by atoms with Crippen LogP contribution in [0.4, 0.5) is 5.69 Å². The van der Waals surface area contributed by atoms with Gasteiger partial charge in [-0.15, -0.1) is 0 Å². The van der Waals surface area contributed by atoms with E-state index in [4.69, 9.17) is 0 Å². The summed E-state index contributed by atoms with van der Waals surface area (Å²) in [6.45, 7) is 0. The van der Waals surface area contributed by atoms with Crippen LogP contribution in [-0.2, 0) is 0 Å². The fraction of sp³-hybridized carbons (Fsp3) is 0.294. The zero-order valence-electron chi connectivity index (χ0n) is 12.0. The van der Waals surface area contributed by atoms with E-state index in [1.807, 2.05) is 30.3 Å². The summed E-state index contributed by atoms with van der Waals surface area (Å²) in [5, 5.41) is 4.66. The molecule has 0 radical (unpaired) electrons. The summed E-state index contributed by atoms with van der Waals surface area (Å²) in [6, 6.07) is 16.7. The Morgan fingerprint density at radius 2 is 1.67 bits per heavy atom. The summed E-state index contributed by atoms with van der Waals surface area (Å²) >= 11 is 0. The minimum Gasteiger partial charge on any atom is -1.00 e. The predicted molar refractivity (Wildman–Crippen MR) is 81.6 cm³/mol. The van der Waals surface area contributed by atoms with E-state index in [9.17, 15) is 0 Å². The smallest absolute Gasteiger partial charge is 0.198 e. The van der Waals surface area contributed by atoms with E-state index in [-0.39, 0.29) is 24.0 Å². The van der Waals surface area contributed by atoms with Gasteiger partial charge in [0.25, 0.3) is 0 Å². The Balaban J connectivity index is 0.00000161. The highest BCUT2D eigenvalue weighted by molar-refractivity contribution is 5.88. The van der Waals surface area contributed by atoms with Crippen molar-refractivity contribution in [1.82, 2.24) is 0 Å². The van der Waals surface area contributed by atoms with Gasteiger partial charge in [0.05, 0.1) is 5.69 Å². The van der Waals surface area contributed by atoms with Crippen LogP contribution in [0.2, 0.25) is 0 Å². The highest BCUT2D eigenvalue weighted by Gasteiger charge is 2.27. The van der Waals surface area contributed by atoms with Crippen molar-refractivity contribution >= 4 is 11.4 Å². The third-order valence-corrected chi connectivity index (χ3v) is 3.75. The molecular weight excluding hydrogens is 373 g/mol. The molecule has 0 aliphatic heterocycles. The number of aromatic nitrogens is 1. The average Bonchev–Trinajstić information content (AvgIpc) is 2.55. The fourth-order valence-electron chi connectivity index (χ4n) is 2.70. The molecule has 0 saturated heterocycles. The Bertz CT molecular complexity index is 569. The number of nitrogens with one attached hydrogen (secondary N) is 1. The van der Waals surface area contributed by atoms with Crippen LogP contribution in [0.1, 0.15) is 31.7 Å². The lowest BCUT2D eigenvalue weighted by molar-refractivity contribution is -0.708. The monoisotopic (exact) mass is 393 g/mol. The molecule has 21 heavy (non-hydrogen) atoms. The quantitative estimate of drug-likeness (QED) is 0.461. The maximum atomic E-state index is 4.66. The lowest BCUT2D eigenvalue weighted by Gasteiger charge is -2.19. The zero-order chi connectivity index (χ0) is 13.6. The number of anilines is 1. The highest BCUT2D eigenvalue weighted by atomic mass is 127. The third-order valence-electron chi connectivity index (χ3n) is 3.75. The molecule has 0 amide bonds. The highest BCUT2D eigenvalue weighted by Crippen LogP contribution is 2.22. The number of hydrogen-bond donors (Lipinski definition) is 1. The molecule has 4 heteroatoms. The van der Waals surface area contributed by atoms with Crippen LogP contribution in [0.3, 0.4) is 0 Å². The zero-order valence-corrected chi connectivity index (χ0v) is 14.1. The molecule has 2 aromatic rings. The number of benzene rings is 1. The number of hydrogen-bond acceptors (Lipinski definition) is 2. The summed E-state index contributed by atoms with van der Waals surface area (Å²) in [6.07, 6.45) is 9.02. The maximum Gasteiger partial charge on any atom is 0.198 e. The lowest BCUT2D eigenvalue weighted by atomic mass is 9.93. The van der Waals surface area contributed by atoms with Gasteiger partial charge in [-0.3, -0.25) is 5.43 Å². The summed E-state index contributed by atoms with van der Waals surface area (Å²) in [7, 11) is 0. The Morgan fingerprint density at radius 1 is 0.952 bits per heavy atom. The number of nitrogens with zero attached hydrogens (tertiary/aromatic N) is 2. The number of para-hydroxylation sites is 1. The van der Waals surface area contributed by atoms with Gasteiger partial charge in [-0.25, -0.2) is 0 Å². The predicted octanol–water partition coefficient (Wildman–Crippen LogP) is 0.561. The van der Waals surface area contributed by atoms with E-state index in [1.165, 1.54) is 25.0 Å². The number of halogens is 1. The Labute approximate surface area is 143 Å². The van der Waals surface area contributed by atoms with E-state index >= 15 is 0 Å². The molecule has 1 atom stereocenters. The minimum absolute atomic E-state index is 0. The fourth-order valence-corrected chi connectivity index (χ4v) is 2.70. The van der Waals surface area contributed by atoms with Gasteiger partial charge >= 0.3 is 0 Å². The van der Waals surface area contributed by atoms with E-state index < -0.39 is 0 Å². The topological polar surface area (TPSA) is 28.3 Å². The number of hydrazone groups is 1. The first kappa shape index (κ1) is 15.9. The van der Waals surface area contributed by atoms with Crippen LogP contribution in [0.5, 0.6) is 0 Å². The molecule has 1 aromatic heterocycles. The second kappa shape index (κ2) is 8.12. The standard InChI is InChI=1S/C17H20N3.HI/c1-3-9-15(10-4-1)18-19-16-11-5-6-12-17(16)20-13-7-2-8-14-20;/h1-4,7-10,13-14,17-18H,5-6,11-12H2;1H/q+1;/p-1/b19-16+;. The van der Waals surface area contributed by atoms with Gasteiger partial charge in [-0.1, -0.05) is 24.3 Å². The van der Waals surface area contributed by atoms with Gasteiger partial charge < -0.3 is 24.0 Å². The van der Waals surface area contributed by atoms with Gasteiger partial charge in [0.2, 0.25) is 0 Å². The first-order chi connectivity index (χ1) is 9.93. The van der Waals surface area contributed by atoms with Crippen molar-refractivity contribution < 1.29 is 28.5 Å². The molecule has 3 nitrogen and oxygen atoms in total. The molecule has 1 N–H and O–H groups in total. The summed E-state index contributed by atoms with van der Waals surface area (Å²) < 4.78 is 2.27. The third kappa shape index (κ3) is 4.27. The van der Waals surface area contributed by atoms with E-state index in [0.717, 1.165) is 12.1 Å². The van der Waals surface area contributed by atoms with Gasteiger partial charge in [0.15, 0.2) is 18.4 Å². The number of rotatable bonds is 3. The van der Waals surface area contributed by atoms with Gasteiger partial charge in [0, 0.05) is 18.6 Å². The summed E-state index contributed by atoms with van der Waals surface area (Å²) in [4.78, 5) is 0. The molecule has 3 rings (SSSR count). The molecule has 110 valence electrons. The van der Waals surface area contributed by atoms with Crippen LogP contribution in [-0.4, -0.2) is 5.71 Å². The lowest BCUT2D eigenvalue weighted by Crippen LogP contribution is -3.00. The average molecular weight is 393 g/mol. The maximum absolute atomic E-state index is 4.66. The molecule has 0 spiro atoms. The van der Waals surface area contributed by atoms with Crippen molar-refractivity contribution in [2.45, 2.75) is 31.7 Å². The molecule has 1 aliphatic rings. The van der Waals surface area contributed by atoms with Crippen LogP contribution < -0.4 is 34.0 Å². The molecule has 1 saturated carbocycles. The van der Waals surface area contributed by atoms with E-state index in [1.54, 1.807) is 0 Å².